The van der Waals surface area contributed by atoms with E-state index in [0.29, 0.717) is 0 Å². The number of halogens is 1. The van der Waals surface area contributed by atoms with E-state index in [1.807, 2.05) is 0 Å². The van der Waals surface area contributed by atoms with Crippen LogP contribution in [0.5, 0.6) is 0 Å². The van der Waals surface area contributed by atoms with E-state index in [1.54, 1.807) is 0 Å². The number of rotatable bonds is 0. The molecule has 0 bridgehead atoms. The van der Waals surface area contributed by atoms with Gasteiger partial charge in [-0.05, 0) is 0 Å². The topological polar surface area (TPSA) is 472 Å². The molecule has 17 heavy (non-hydrogen) atoms. The summed E-state index contributed by atoms with van der Waals surface area (Å²) in [5.74, 6) is 0. The Balaban J connectivity index is 0. The molecule has 0 aliphatic carbocycles. The molecule has 0 rings (SSSR count). The standard InChI is InChI=1S/ClH.K.15H2O/h1H;;15*1H2/q;+1;;;;;;;;;;;;;;;/p-1. The Bertz CT molecular complexity index is 10.9. The van der Waals surface area contributed by atoms with Crippen molar-refractivity contribution in [1.82, 2.24) is 0 Å². The second-order valence-electron chi connectivity index (χ2n) is 0. The third kappa shape index (κ3) is 2310. The molecule has 0 aromatic heterocycles. The molecule has 30 N–H and O–H groups in total. The molecule has 0 aromatic rings. The zero-order chi connectivity index (χ0) is 0. The fraction of sp³-hybridized carbons (Fsp3) is 0. The zero-order valence-corrected chi connectivity index (χ0v) is 12.8. The summed E-state index contributed by atoms with van der Waals surface area (Å²) < 4.78 is 0. The van der Waals surface area contributed by atoms with Crippen LogP contribution < -0.4 is 63.8 Å². The van der Waals surface area contributed by atoms with Gasteiger partial charge in [0.05, 0.1) is 0 Å². The molecule has 0 spiro atoms. The number of hydrogen-bond donors (Lipinski definition) is 0. The minimum absolute atomic E-state index is 0. The predicted octanol–water partition coefficient (Wildman–Crippen LogP) is -18.4. The first-order valence-electron chi connectivity index (χ1n) is 0. The summed E-state index contributed by atoms with van der Waals surface area (Å²) in [4.78, 5) is 0. The Hall–Kier alpha value is 1.33. The van der Waals surface area contributed by atoms with E-state index in [0.717, 1.165) is 0 Å². The van der Waals surface area contributed by atoms with Gasteiger partial charge in [-0.15, -0.1) is 0 Å². The van der Waals surface area contributed by atoms with Crippen molar-refractivity contribution >= 4 is 0 Å². The molecule has 17 heteroatoms. The maximum atomic E-state index is 0. The molecular weight excluding hydrogens is 315 g/mol. The van der Waals surface area contributed by atoms with Gasteiger partial charge < -0.3 is 94.5 Å². The van der Waals surface area contributed by atoms with E-state index in [1.165, 1.54) is 0 Å². The van der Waals surface area contributed by atoms with Crippen molar-refractivity contribution in [3.63, 3.8) is 0 Å². The fourth-order valence-electron chi connectivity index (χ4n) is 0. The normalized spacial score (nSPS) is 0. The minimum Gasteiger partial charge on any atom is -1.00 e. The molecular formula is H30ClKO15. The molecule has 0 atom stereocenters. The van der Waals surface area contributed by atoms with Gasteiger partial charge in [0, 0.05) is 0 Å². The molecule has 0 aliphatic heterocycles. The van der Waals surface area contributed by atoms with Crippen LogP contribution in [-0.2, 0) is 0 Å². The average molecular weight is 345 g/mol. The van der Waals surface area contributed by atoms with Gasteiger partial charge in [-0.1, -0.05) is 0 Å². The first-order valence-corrected chi connectivity index (χ1v) is 0. The van der Waals surface area contributed by atoms with Gasteiger partial charge in [-0.2, -0.15) is 0 Å². The fourth-order valence-corrected chi connectivity index (χ4v) is 0. The van der Waals surface area contributed by atoms with Gasteiger partial charge >= 0.3 is 51.4 Å². The van der Waals surface area contributed by atoms with Gasteiger partial charge in [-0.3, -0.25) is 0 Å². The molecule has 0 aromatic carbocycles. The van der Waals surface area contributed by atoms with E-state index < -0.39 is 0 Å². The Labute approximate surface area is 145 Å². The third-order valence-electron chi connectivity index (χ3n) is 0. The van der Waals surface area contributed by atoms with Crippen molar-refractivity contribution < 1.29 is 146 Å². The van der Waals surface area contributed by atoms with Crippen LogP contribution >= 0.6 is 0 Å². The molecule has 128 valence electrons. The first kappa shape index (κ1) is 3130. The third-order valence-corrected chi connectivity index (χ3v) is 0. The molecule has 0 saturated heterocycles. The van der Waals surface area contributed by atoms with Gasteiger partial charge in [-0.25, -0.2) is 0 Å². The first-order chi connectivity index (χ1) is 0. The van der Waals surface area contributed by atoms with Crippen molar-refractivity contribution in [2.24, 2.45) is 0 Å². The Morgan fingerprint density at radius 1 is 0.176 bits per heavy atom. The van der Waals surface area contributed by atoms with Crippen molar-refractivity contribution in [3.05, 3.63) is 0 Å². The summed E-state index contributed by atoms with van der Waals surface area (Å²) in [5.41, 5.74) is 0. The Kier molecular flexibility index (Phi) is 483000. The van der Waals surface area contributed by atoms with Crippen LogP contribution in [0.25, 0.3) is 0 Å². The maximum absolute atomic E-state index is 0. The maximum Gasteiger partial charge on any atom is 1.00 e. The van der Waals surface area contributed by atoms with Gasteiger partial charge in [0.15, 0.2) is 0 Å². The molecule has 15 nitrogen and oxygen atoms in total. The van der Waals surface area contributed by atoms with Crippen LogP contribution in [0.15, 0.2) is 0 Å². The molecule has 0 amide bonds. The van der Waals surface area contributed by atoms with Gasteiger partial charge in [0.25, 0.3) is 0 Å². The summed E-state index contributed by atoms with van der Waals surface area (Å²) in [6, 6.07) is 0. The molecule has 0 unspecified atom stereocenters. The average Bonchev–Trinajstić information content (AvgIpc) is 0. The zero-order valence-electron chi connectivity index (χ0n) is 8.88. The van der Waals surface area contributed by atoms with Gasteiger partial charge in [0.2, 0.25) is 0 Å². The van der Waals surface area contributed by atoms with Gasteiger partial charge in [0.1, 0.15) is 0 Å². The van der Waals surface area contributed by atoms with Crippen LogP contribution in [0.4, 0.5) is 0 Å². The van der Waals surface area contributed by atoms with Crippen molar-refractivity contribution in [2.45, 2.75) is 0 Å². The summed E-state index contributed by atoms with van der Waals surface area (Å²) in [6.45, 7) is 0. The summed E-state index contributed by atoms with van der Waals surface area (Å²) in [5, 5.41) is 0. The molecule has 0 saturated carbocycles. The smallest absolute Gasteiger partial charge is 1.00 e. The van der Waals surface area contributed by atoms with E-state index in [-0.39, 0.29) is 146 Å². The molecule has 0 heterocycles. The second kappa shape index (κ2) is 2630. The van der Waals surface area contributed by atoms with Crippen molar-refractivity contribution in [3.8, 4) is 0 Å². The molecule has 0 fully saturated rings. The summed E-state index contributed by atoms with van der Waals surface area (Å²) >= 11 is 0. The quantitative estimate of drug-likeness (QED) is 0.369. The van der Waals surface area contributed by atoms with Crippen LogP contribution in [-0.4, -0.2) is 82.1 Å². The van der Waals surface area contributed by atoms with E-state index in [9.17, 15) is 0 Å². The van der Waals surface area contributed by atoms with Crippen LogP contribution in [0.3, 0.4) is 0 Å². The predicted molar refractivity (Wildman–Crippen MR) is 54.2 cm³/mol. The van der Waals surface area contributed by atoms with Crippen molar-refractivity contribution in [1.29, 1.82) is 0 Å². The SMILES string of the molecule is O.O.O.O.O.O.O.O.O.O.O.O.O.O.O.[Cl-].[K+]. The number of hydrogen-bond acceptors (Lipinski definition) is 0. The summed E-state index contributed by atoms with van der Waals surface area (Å²) in [6.07, 6.45) is 0. The van der Waals surface area contributed by atoms with E-state index >= 15 is 0 Å². The largest absolute Gasteiger partial charge is 1.00 e. The molecule has 0 radical (unpaired) electrons. The summed E-state index contributed by atoms with van der Waals surface area (Å²) in [7, 11) is 0. The minimum atomic E-state index is 0. The Morgan fingerprint density at radius 2 is 0.176 bits per heavy atom. The molecule has 0 aliphatic rings. The second-order valence-corrected chi connectivity index (χ2v) is 0. The van der Waals surface area contributed by atoms with Crippen LogP contribution in [0.2, 0.25) is 0 Å². The van der Waals surface area contributed by atoms with Crippen LogP contribution in [0, 0.1) is 0 Å². The monoisotopic (exact) mass is 344 g/mol. The Morgan fingerprint density at radius 3 is 0.176 bits per heavy atom. The van der Waals surface area contributed by atoms with Crippen LogP contribution in [0.1, 0.15) is 0 Å². The van der Waals surface area contributed by atoms with E-state index in [2.05, 4.69) is 0 Å². The van der Waals surface area contributed by atoms with E-state index in [4.69, 9.17) is 0 Å². The van der Waals surface area contributed by atoms with Crippen molar-refractivity contribution in [2.75, 3.05) is 0 Å².